The van der Waals surface area contributed by atoms with E-state index in [1.165, 1.54) is 30.3 Å². The number of esters is 1. The van der Waals surface area contributed by atoms with Gasteiger partial charge in [-0.1, -0.05) is 55.3 Å². The van der Waals surface area contributed by atoms with Crippen LogP contribution in [0.4, 0.5) is 11.4 Å². The first-order valence-corrected chi connectivity index (χ1v) is 13.3. The summed E-state index contributed by atoms with van der Waals surface area (Å²) in [5.74, 6) is -0.939. The Hall–Kier alpha value is -3.36. The van der Waals surface area contributed by atoms with Gasteiger partial charge in [0.1, 0.15) is 6.54 Å². The van der Waals surface area contributed by atoms with Crippen molar-refractivity contribution in [3.05, 3.63) is 88.4 Å². The lowest BCUT2D eigenvalue weighted by atomic mass is 10.0. The van der Waals surface area contributed by atoms with Gasteiger partial charge < -0.3 is 10.1 Å². The zero-order valence-corrected chi connectivity index (χ0v) is 22.2. The summed E-state index contributed by atoms with van der Waals surface area (Å²) in [6.07, 6.45) is 0. The predicted molar refractivity (Wildman–Crippen MR) is 142 cm³/mol. The van der Waals surface area contributed by atoms with Gasteiger partial charge in [0.05, 0.1) is 27.8 Å². The average molecular weight is 529 g/mol. The number of carbonyl (C=O) groups excluding carboxylic acids is 2. The molecule has 0 aliphatic heterocycles. The average Bonchev–Trinajstić information content (AvgIpc) is 2.84. The Kier molecular flexibility index (Phi) is 8.76. The number of ether oxygens (including phenoxy) is 1. The van der Waals surface area contributed by atoms with Gasteiger partial charge in [-0.05, 0) is 67.8 Å². The Balaban J connectivity index is 1.93. The third-order valence-corrected chi connectivity index (χ3v) is 7.61. The number of hydrogen-bond donors (Lipinski definition) is 1. The number of rotatable bonds is 9. The van der Waals surface area contributed by atoms with Crippen molar-refractivity contribution >= 4 is 44.9 Å². The van der Waals surface area contributed by atoms with Gasteiger partial charge >= 0.3 is 5.97 Å². The van der Waals surface area contributed by atoms with Gasteiger partial charge in [-0.25, -0.2) is 13.2 Å². The van der Waals surface area contributed by atoms with Crippen LogP contribution in [0.1, 0.15) is 48.2 Å². The van der Waals surface area contributed by atoms with Crippen LogP contribution in [-0.4, -0.2) is 33.4 Å². The number of benzene rings is 3. The molecule has 3 aromatic carbocycles. The lowest BCUT2D eigenvalue weighted by Gasteiger charge is -2.24. The van der Waals surface area contributed by atoms with E-state index in [1.807, 2.05) is 32.9 Å². The molecule has 0 spiro atoms. The quantitative estimate of drug-likeness (QED) is 0.355. The molecule has 0 aliphatic carbocycles. The van der Waals surface area contributed by atoms with E-state index < -0.39 is 28.4 Å². The number of sulfonamides is 1. The van der Waals surface area contributed by atoms with Crippen LogP contribution in [0.2, 0.25) is 5.02 Å². The molecule has 1 amide bonds. The van der Waals surface area contributed by atoms with Crippen molar-refractivity contribution in [1.29, 1.82) is 0 Å². The normalized spacial score (nSPS) is 11.3. The molecule has 0 saturated heterocycles. The summed E-state index contributed by atoms with van der Waals surface area (Å²) in [4.78, 5) is 25.2. The van der Waals surface area contributed by atoms with Crippen molar-refractivity contribution in [2.75, 3.05) is 22.8 Å². The minimum Gasteiger partial charge on any atom is -0.462 e. The summed E-state index contributed by atoms with van der Waals surface area (Å²) >= 11 is 6.10. The maximum absolute atomic E-state index is 13.6. The molecule has 3 rings (SSSR count). The fourth-order valence-electron chi connectivity index (χ4n) is 3.48. The van der Waals surface area contributed by atoms with E-state index >= 15 is 0 Å². The SMILES string of the molecule is CCOC(=O)c1cc(NC(=O)CN(c2ccc(C(C)C)cc2)S(=O)(=O)c2ccc(C)cc2)ccc1Cl. The van der Waals surface area contributed by atoms with Crippen LogP contribution < -0.4 is 9.62 Å². The van der Waals surface area contributed by atoms with E-state index in [-0.39, 0.29) is 33.7 Å². The summed E-state index contributed by atoms with van der Waals surface area (Å²) < 4.78 is 33.2. The molecule has 0 saturated carbocycles. The maximum Gasteiger partial charge on any atom is 0.339 e. The van der Waals surface area contributed by atoms with E-state index in [0.717, 1.165) is 15.4 Å². The highest BCUT2D eigenvalue weighted by molar-refractivity contribution is 7.92. The number of carbonyl (C=O) groups is 2. The molecule has 7 nitrogen and oxygen atoms in total. The summed E-state index contributed by atoms with van der Waals surface area (Å²) in [7, 11) is -4.05. The second-order valence-corrected chi connectivity index (χ2v) is 10.8. The Bertz CT molecular complexity index is 1340. The highest BCUT2D eigenvalue weighted by Gasteiger charge is 2.27. The molecule has 0 heterocycles. The molecule has 0 aliphatic rings. The number of nitrogens with zero attached hydrogens (tertiary/aromatic N) is 1. The third-order valence-electron chi connectivity index (χ3n) is 5.49. The Morgan fingerprint density at radius 3 is 2.22 bits per heavy atom. The zero-order chi connectivity index (χ0) is 26.5. The van der Waals surface area contributed by atoms with Crippen molar-refractivity contribution < 1.29 is 22.7 Å². The van der Waals surface area contributed by atoms with Gasteiger partial charge in [0.15, 0.2) is 0 Å². The van der Waals surface area contributed by atoms with Crippen LogP contribution in [0.5, 0.6) is 0 Å². The van der Waals surface area contributed by atoms with Crippen molar-refractivity contribution in [3.63, 3.8) is 0 Å². The van der Waals surface area contributed by atoms with Gasteiger partial charge in [-0.3, -0.25) is 9.10 Å². The molecule has 3 aromatic rings. The molecular formula is C27H29ClN2O5S. The highest BCUT2D eigenvalue weighted by atomic mass is 35.5. The zero-order valence-electron chi connectivity index (χ0n) is 20.6. The maximum atomic E-state index is 13.6. The summed E-state index contributed by atoms with van der Waals surface area (Å²) in [6, 6.07) is 17.9. The number of halogens is 1. The Labute approximate surface area is 217 Å². The fourth-order valence-corrected chi connectivity index (χ4v) is 5.09. The first-order chi connectivity index (χ1) is 17.0. The van der Waals surface area contributed by atoms with E-state index in [0.29, 0.717) is 5.69 Å². The van der Waals surface area contributed by atoms with Gasteiger partial charge in [-0.2, -0.15) is 0 Å². The molecule has 36 heavy (non-hydrogen) atoms. The largest absolute Gasteiger partial charge is 0.462 e. The molecule has 0 fully saturated rings. The first kappa shape index (κ1) is 27.2. The third kappa shape index (κ3) is 6.44. The summed E-state index contributed by atoms with van der Waals surface area (Å²) in [5.41, 5.74) is 2.71. The lowest BCUT2D eigenvalue weighted by molar-refractivity contribution is -0.114. The van der Waals surface area contributed by atoms with Crippen molar-refractivity contribution in [3.8, 4) is 0 Å². The fraction of sp³-hybridized carbons (Fsp3) is 0.259. The van der Waals surface area contributed by atoms with Gasteiger partial charge in [0.2, 0.25) is 5.91 Å². The minimum atomic E-state index is -4.05. The predicted octanol–water partition coefficient (Wildman–Crippen LogP) is 5.78. The van der Waals surface area contributed by atoms with E-state index in [2.05, 4.69) is 5.32 Å². The van der Waals surface area contributed by atoms with Crippen LogP contribution in [0.15, 0.2) is 71.6 Å². The van der Waals surface area contributed by atoms with Gasteiger partial charge in [0, 0.05) is 5.69 Å². The Morgan fingerprint density at radius 1 is 1.00 bits per heavy atom. The topological polar surface area (TPSA) is 92.8 Å². The van der Waals surface area contributed by atoms with Crippen molar-refractivity contribution in [1.82, 2.24) is 0 Å². The molecular weight excluding hydrogens is 500 g/mol. The molecule has 0 atom stereocenters. The number of hydrogen-bond acceptors (Lipinski definition) is 5. The van der Waals surface area contributed by atoms with Crippen LogP contribution in [0.3, 0.4) is 0 Å². The van der Waals surface area contributed by atoms with E-state index in [4.69, 9.17) is 16.3 Å². The number of anilines is 2. The van der Waals surface area contributed by atoms with Crippen molar-refractivity contribution in [2.24, 2.45) is 0 Å². The minimum absolute atomic E-state index is 0.0740. The van der Waals surface area contributed by atoms with Gasteiger partial charge in [-0.15, -0.1) is 0 Å². The van der Waals surface area contributed by atoms with Crippen LogP contribution in [-0.2, 0) is 19.6 Å². The van der Waals surface area contributed by atoms with Crippen LogP contribution in [0.25, 0.3) is 0 Å². The second kappa shape index (κ2) is 11.6. The molecule has 190 valence electrons. The number of aryl methyl sites for hydroxylation is 1. The number of amides is 1. The van der Waals surface area contributed by atoms with E-state index in [1.54, 1.807) is 31.2 Å². The van der Waals surface area contributed by atoms with E-state index in [9.17, 15) is 18.0 Å². The van der Waals surface area contributed by atoms with Gasteiger partial charge in [0.25, 0.3) is 10.0 Å². The summed E-state index contributed by atoms with van der Waals surface area (Å²) in [5, 5.41) is 2.84. The first-order valence-electron chi connectivity index (χ1n) is 11.5. The Morgan fingerprint density at radius 2 is 1.64 bits per heavy atom. The number of nitrogens with one attached hydrogen (secondary N) is 1. The lowest BCUT2D eigenvalue weighted by Crippen LogP contribution is -2.38. The molecule has 0 unspecified atom stereocenters. The monoisotopic (exact) mass is 528 g/mol. The van der Waals surface area contributed by atoms with Crippen LogP contribution in [0, 0.1) is 6.92 Å². The standard InChI is InChI=1S/C27H29ClN2O5S/c1-5-35-27(32)24-16-21(10-15-25(24)28)29-26(31)17-30(22-11-8-20(9-12-22)18(2)3)36(33,34)23-13-6-19(4)7-14-23/h6-16,18H,5,17H2,1-4H3,(H,29,31). The molecule has 0 aromatic heterocycles. The molecule has 0 bridgehead atoms. The van der Waals surface area contributed by atoms with Crippen LogP contribution >= 0.6 is 11.6 Å². The second-order valence-electron chi connectivity index (χ2n) is 8.53. The molecule has 1 N–H and O–H groups in total. The van der Waals surface area contributed by atoms with Crippen molar-refractivity contribution in [2.45, 2.75) is 38.5 Å². The highest BCUT2D eigenvalue weighted by Crippen LogP contribution is 2.27. The summed E-state index contributed by atoms with van der Waals surface area (Å²) in [6.45, 7) is 7.32. The smallest absolute Gasteiger partial charge is 0.339 e. The molecule has 0 radical (unpaired) electrons. The molecule has 9 heteroatoms.